The second-order valence-electron chi connectivity index (χ2n) is 7.52. The van der Waals surface area contributed by atoms with Crippen molar-refractivity contribution in [1.82, 2.24) is 10.2 Å². The Morgan fingerprint density at radius 1 is 1.24 bits per heavy atom. The Labute approximate surface area is 150 Å². The zero-order chi connectivity index (χ0) is 18.4. The molecule has 1 aliphatic rings. The Morgan fingerprint density at radius 3 is 2.52 bits per heavy atom. The summed E-state index contributed by atoms with van der Waals surface area (Å²) in [4.78, 5) is 27.2. The third-order valence-electron chi connectivity index (χ3n) is 4.28. The molecule has 0 saturated carbocycles. The summed E-state index contributed by atoms with van der Waals surface area (Å²) in [5.74, 6) is -0.377. The van der Waals surface area contributed by atoms with E-state index >= 15 is 0 Å². The molecule has 0 radical (unpaired) electrons. The van der Waals surface area contributed by atoms with Gasteiger partial charge in [-0.3, -0.25) is 9.59 Å². The highest BCUT2D eigenvalue weighted by atomic mass is 16.6. The molecule has 1 aromatic carbocycles. The van der Waals surface area contributed by atoms with Gasteiger partial charge in [0, 0.05) is 0 Å². The van der Waals surface area contributed by atoms with Crippen LogP contribution < -0.4 is 5.32 Å². The van der Waals surface area contributed by atoms with Gasteiger partial charge in [0.1, 0.15) is 12.1 Å². The number of nitrogens with one attached hydrogen (secondary N) is 1. The average Bonchev–Trinajstić information content (AvgIpc) is 2.68. The van der Waals surface area contributed by atoms with Gasteiger partial charge in [-0.05, 0) is 52.1 Å². The Hall–Kier alpha value is -1.88. The van der Waals surface area contributed by atoms with E-state index in [2.05, 4.69) is 5.32 Å². The molecule has 0 aliphatic carbocycles. The van der Waals surface area contributed by atoms with E-state index in [1.54, 1.807) is 4.90 Å². The van der Waals surface area contributed by atoms with Gasteiger partial charge in [-0.25, -0.2) is 0 Å². The average molecular weight is 346 g/mol. The van der Waals surface area contributed by atoms with Gasteiger partial charge in [0.05, 0.1) is 12.1 Å². The molecule has 1 aromatic rings. The molecule has 0 unspecified atom stereocenters. The molecule has 1 saturated heterocycles. The summed E-state index contributed by atoms with van der Waals surface area (Å²) in [5.41, 5.74) is 0.506. The lowest BCUT2D eigenvalue weighted by molar-refractivity contribution is -0.160. The van der Waals surface area contributed by atoms with Crippen molar-refractivity contribution in [2.45, 2.75) is 64.6 Å². The molecule has 5 heteroatoms. The smallest absolute Gasteiger partial charge is 0.326 e. The molecule has 1 amide bonds. The molecule has 1 N–H and O–H groups in total. The second-order valence-corrected chi connectivity index (χ2v) is 7.52. The fourth-order valence-corrected chi connectivity index (χ4v) is 3.31. The van der Waals surface area contributed by atoms with Crippen LogP contribution in [0.2, 0.25) is 0 Å². The molecular weight excluding hydrogens is 316 g/mol. The number of carbonyl (C=O) groups is 2. The van der Waals surface area contributed by atoms with Crippen LogP contribution in [0, 0.1) is 0 Å². The van der Waals surface area contributed by atoms with E-state index in [1.165, 1.54) is 0 Å². The van der Waals surface area contributed by atoms with Crippen LogP contribution in [-0.2, 0) is 14.3 Å². The summed E-state index contributed by atoms with van der Waals surface area (Å²) < 4.78 is 5.46. The van der Waals surface area contributed by atoms with E-state index in [-0.39, 0.29) is 30.5 Å². The Kier molecular flexibility index (Phi) is 6.59. The summed E-state index contributed by atoms with van der Waals surface area (Å²) >= 11 is 0. The van der Waals surface area contributed by atoms with Crippen LogP contribution in [0.4, 0.5) is 0 Å². The van der Waals surface area contributed by atoms with Crippen molar-refractivity contribution in [3.63, 3.8) is 0 Å². The maximum absolute atomic E-state index is 13.1. The van der Waals surface area contributed by atoms with Gasteiger partial charge in [-0.15, -0.1) is 0 Å². The molecule has 1 aliphatic heterocycles. The Bertz CT molecular complexity index is 580. The monoisotopic (exact) mass is 346 g/mol. The normalized spacial score (nSPS) is 21.8. The maximum Gasteiger partial charge on any atom is 0.326 e. The lowest BCUT2D eigenvalue weighted by Crippen LogP contribution is -2.48. The molecule has 25 heavy (non-hydrogen) atoms. The van der Waals surface area contributed by atoms with Crippen LogP contribution in [0.3, 0.4) is 0 Å². The number of hydrogen-bond acceptors (Lipinski definition) is 4. The number of likely N-dealkylation sites (tertiary alicyclic amines) is 1. The summed E-state index contributed by atoms with van der Waals surface area (Å²) in [6, 6.07) is 9.62. The molecule has 0 bridgehead atoms. The van der Waals surface area contributed by atoms with Crippen molar-refractivity contribution >= 4 is 11.9 Å². The van der Waals surface area contributed by atoms with Crippen molar-refractivity contribution < 1.29 is 14.3 Å². The topological polar surface area (TPSA) is 58.6 Å². The highest BCUT2D eigenvalue weighted by Crippen LogP contribution is 2.31. The van der Waals surface area contributed by atoms with Crippen molar-refractivity contribution in [2.24, 2.45) is 0 Å². The van der Waals surface area contributed by atoms with Gasteiger partial charge in [-0.1, -0.05) is 37.3 Å². The minimum absolute atomic E-state index is 0.0148. The first-order valence-corrected chi connectivity index (χ1v) is 9.12. The molecule has 0 aromatic heterocycles. The Morgan fingerprint density at radius 2 is 1.92 bits per heavy atom. The van der Waals surface area contributed by atoms with Crippen LogP contribution in [0.5, 0.6) is 0 Å². The molecule has 138 valence electrons. The van der Waals surface area contributed by atoms with E-state index in [0.29, 0.717) is 0 Å². The number of benzene rings is 1. The largest absolute Gasteiger partial charge is 0.459 e. The Balaban J connectivity index is 2.26. The van der Waals surface area contributed by atoms with Crippen LogP contribution in [0.1, 0.15) is 58.6 Å². The first-order chi connectivity index (χ1) is 11.8. The van der Waals surface area contributed by atoms with E-state index < -0.39 is 5.60 Å². The van der Waals surface area contributed by atoms with Gasteiger partial charge in [0.2, 0.25) is 5.91 Å². The van der Waals surface area contributed by atoms with Crippen LogP contribution in [-0.4, -0.2) is 41.5 Å². The molecule has 5 nitrogen and oxygen atoms in total. The highest BCUT2D eigenvalue weighted by molar-refractivity contribution is 5.86. The van der Waals surface area contributed by atoms with Gasteiger partial charge in [0.15, 0.2) is 0 Å². The molecule has 1 fully saturated rings. The zero-order valence-electron chi connectivity index (χ0n) is 15.7. The van der Waals surface area contributed by atoms with Gasteiger partial charge >= 0.3 is 5.97 Å². The SMILES string of the molecule is CCN[C@H]1CCC[C@@H](c2ccccc2)N(CC(=O)OC(C)(C)C)C1=O. The summed E-state index contributed by atoms with van der Waals surface area (Å²) in [5, 5.41) is 3.25. The predicted molar refractivity (Wildman–Crippen MR) is 98.1 cm³/mol. The quantitative estimate of drug-likeness (QED) is 0.833. The van der Waals surface area contributed by atoms with Crippen LogP contribution in [0.25, 0.3) is 0 Å². The minimum atomic E-state index is -0.560. The summed E-state index contributed by atoms with van der Waals surface area (Å²) in [7, 11) is 0. The zero-order valence-corrected chi connectivity index (χ0v) is 15.7. The van der Waals surface area contributed by atoms with Gasteiger partial charge in [0.25, 0.3) is 0 Å². The third-order valence-corrected chi connectivity index (χ3v) is 4.28. The van der Waals surface area contributed by atoms with Crippen LogP contribution in [0.15, 0.2) is 30.3 Å². The summed E-state index contributed by atoms with van der Waals surface area (Å²) in [6.07, 6.45) is 2.58. The van der Waals surface area contributed by atoms with Crippen molar-refractivity contribution in [3.8, 4) is 0 Å². The van der Waals surface area contributed by atoms with Crippen LogP contribution >= 0.6 is 0 Å². The molecule has 0 spiro atoms. The first-order valence-electron chi connectivity index (χ1n) is 9.12. The van der Waals surface area contributed by atoms with E-state index in [1.807, 2.05) is 58.0 Å². The minimum Gasteiger partial charge on any atom is -0.459 e. The number of hydrogen-bond donors (Lipinski definition) is 1. The van der Waals surface area contributed by atoms with E-state index in [4.69, 9.17) is 4.74 Å². The molecule has 2 rings (SSSR count). The van der Waals surface area contributed by atoms with Crippen molar-refractivity contribution in [2.75, 3.05) is 13.1 Å². The lowest BCUT2D eigenvalue weighted by atomic mass is 10.0. The maximum atomic E-state index is 13.1. The second kappa shape index (κ2) is 8.48. The van der Waals surface area contributed by atoms with Gasteiger partial charge in [-0.2, -0.15) is 0 Å². The number of nitrogens with zero attached hydrogens (tertiary/aromatic N) is 1. The lowest BCUT2D eigenvalue weighted by Gasteiger charge is -2.32. The number of amides is 1. The summed E-state index contributed by atoms with van der Waals surface area (Å²) in [6.45, 7) is 8.22. The third kappa shape index (κ3) is 5.56. The number of ether oxygens (including phenoxy) is 1. The van der Waals surface area contributed by atoms with E-state index in [0.717, 1.165) is 31.4 Å². The standard InChI is InChI=1S/C20H30N2O3/c1-5-21-16-12-9-13-17(15-10-7-6-8-11-15)22(19(16)24)14-18(23)25-20(2,3)4/h6-8,10-11,16-17,21H,5,9,12-14H2,1-4H3/t16-,17-/m0/s1. The molecule has 1 heterocycles. The fraction of sp³-hybridized carbons (Fsp3) is 0.600. The highest BCUT2D eigenvalue weighted by Gasteiger charge is 2.35. The van der Waals surface area contributed by atoms with Crippen molar-refractivity contribution in [1.29, 1.82) is 0 Å². The fourth-order valence-electron chi connectivity index (χ4n) is 3.31. The molecule has 2 atom stereocenters. The number of carbonyl (C=O) groups excluding carboxylic acids is 2. The van der Waals surface area contributed by atoms with Crippen molar-refractivity contribution in [3.05, 3.63) is 35.9 Å². The molecular formula is C20H30N2O3. The number of esters is 1. The van der Waals surface area contributed by atoms with E-state index in [9.17, 15) is 9.59 Å². The number of likely N-dealkylation sites (N-methyl/N-ethyl adjacent to an activating group) is 1. The first kappa shape index (κ1) is 19.4. The number of rotatable bonds is 5. The van der Waals surface area contributed by atoms with Gasteiger partial charge < -0.3 is 15.0 Å². The predicted octanol–water partition coefficient (Wildman–Crippen LogP) is 3.06.